The van der Waals surface area contributed by atoms with Crippen LogP contribution < -0.4 is 5.32 Å². The number of anilines is 1. The van der Waals surface area contributed by atoms with Crippen LogP contribution in [-0.4, -0.2) is 31.8 Å². The predicted octanol–water partition coefficient (Wildman–Crippen LogP) is 3.29. The molecule has 0 spiro atoms. The minimum absolute atomic E-state index is 0.146. The fraction of sp³-hybridized carbons (Fsp3) is 0.188. The van der Waals surface area contributed by atoms with E-state index in [0.29, 0.717) is 10.3 Å². The number of thioether (sulfide) groups is 1. The van der Waals surface area contributed by atoms with Gasteiger partial charge in [-0.2, -0.15) is 0 Å². The van der Waals surface area contributed by atoms with Crippen molar-refractivity contribution in [2.45, 2.75) is 18.5 Å². The molecular formula is C16H15N5OS2. The molecule has 2 heterocycles. The Morgan fingerprint density at radius 1 is 1.21 bits per heavy atom. The highest BCUT2D eigenvalue weighted by Gasteiger charge is 2.09. The number of hydrogen-bond donors (Lipinski definition) is 1. The number of carbonyl (C=O) groups is 1. The van der Waals surface area contributed by atoms with Crippen molar-refractivity contribution in [2.24, 2.45) is 0 Å². The SMILES string of the molecule is CCc1nnc(NC(=O)CSc2nccc(-c3ccccc3)n2)s1. The molecule has 0 atom stereocenters. The lowest BCUT2D eigenvalue weighted by atomic mass is 10.1. The van der Waals surface area contributed by atoms with Gasteiger partial charge in [0.2, 0.25) is 11.0 Å². The Kier molecular flexibility index (Phi) is 5.50. The van der Waals surface area contributed by atoms with E-state index < -0.39 is 0 Å². The number of aromatic nitrogens is 4. The van der Waals surface area contributed by atoms with Crippen LogP contribution in [0.25, 0.3) is 11.3 Å². The molecule has 0 saturated carbocycles. The lowest BCUT2D eigenvalue weighted by Gasteiger charge is -2.03. The molecule has 3 aromatic rings. The molecule has 24 heavy (non-hydrogen) atoms. The average molecular weight is 357 g/mol. The molecule has 0 aliphatic heterocycles. The van der Waals surface area contributed by atoms with Gasteiger partial charge < -0.3 is 0 Å². The van der Waals surface area contributed by atoms with E-state index in [4.69, 9.17) is 0 Å². The standard InChI is InChI=1S/C16H15N5OS2/c1-2-14-20-21-16(24-14)19-13(22)10-23-15-17-9-8-12(18-15)11-6-4-3-5-7-11/h3-9H,2,10H2,1H3,(H,19,21,22). The minimum Gasteiger partial charge on any atom is -0.300 e. The first-order valence-corrected chi connectivity index (χ1v) is 9.18. The molecule has 0 aliphatic carbocycles. The first-order chi connectivity index (χ1) is 11.7. The molecule has 0 bridgehead atoms. The van der Waals surface area contributed by atoms with Crippen molar-refractivity contribution in [3.8, 4) is 11.3 Å². The monoisotopic (exact) mass is 357 g/mol. The van der Waals surface area contributed by atoms with Gasteiger partial charge in [-0.25, -0.2) is 9.97 Å². The molecule has 0 aliphatic rings. The van der Waals surface area contributed by atoms with Crippen molar-refractivity contribution < 1.29 is 4.79 Å². The number of carbonyl (C=O) groups excluding carboxylic acids is 1. The van der Waals surface area contributed by atoms with E-state index in [9.17, 15) is 4.79 Å². The van der Waals surface area contributed by atoms with Crippen molar-refractivity contribution in [3.05, 3.63) is 47.6 Å². The van der Waals surface area contributed by atoms with Crippen LogP contribution in [0.4, 0.5) is 5.13 Å². The topological polar surface area (TPSA) is 80.7 Å². The van der Waals surface area contributed by atoms with Gasteiger partial charge in [-0.3, -0.25) is 10.1 Å². The second kappa shape index (κ2) is 7.98. The van der Waals surface area contributed by atoms with Crippen molar-refractivity contribution in [3.63, 3.8) is 0 Å². The number of hydrogen-bond acceptors (Lipinski definition) is 7. The zero-order valence-corrected chi connectivity index (χ0v) is 14.6. The first kappa shape index (κ1) is 16.5. The van der Waals surface area contributed by atoms with Gasteiger partial charge in [-0.15, -0.1) is 10.2 Å². The normalized spacial score (nSPS) is 10.5. The van der Waals surface area contributed by atoms with E-state index in [2.05, 4.69) is 25.5 Å². The molecule has 8 heteroatoms. The van der Waals surface area contributed by atoms with E-state index in [1.807, 2.05) is 43.3 Å². The van der Waals surface area contributed by atoms with Crippen LogP contribution in [0.1, 0.15) is 11.9 Å². The third-order valence-electron chi connectivity index (χ3n) is 3.05. The van der Waals surface area contributed by atoms with Crippen molar-refractivity contribution in [1.82, 2.24) is 20.2 Å². The zero-order valence-electron chi connectivity index (χ0n) is 13.0. The maximum atomic E-state index is 12.0. The maximum absolute atomic E-state index is 12.0. The number of rotatable bonds is 6. The van der Waals surface area contributed by atoms with Crippen LogP contribution >= 0.6 is 23.1 Å². The quantitative estimate of drug-likeness (QED) is 0.538. The zero-order chi connectivity index (χ0) is 16.8. The Labute approximate surface area is 147 Å². The Balaban J connectivity index is 1.59. The Morgan fingerprint density at radius 2 is 2.04 bits per heavy atom. The highest BCUT2D eigenvalue weighted by Crippen LogP contribution is 2.20. The van der Waals surface area contributed by atoms with E-state index >= 15 is 0 Å². The van der Waals surface area contributed by atoms with Gasteiger partial charge in [-0.05, 0) is 12.5 Å². The third kappa shape index (κ3) is 4.36. The van der Waals surface area contributed by atoms with E-state index in [0.717, 1.165) is 22.7 Å². The molecule has 2 aromatic heterocycles. The summed E-state index contributed by atoms with van der Waals surface area (Å²) < 4.78 is 0. The van der Waals surface area contributed by atoms with E-state index in [-0.39, 0.29) is 11.7 Å². The van der Waals surface area contributed by atoms with Crippen LogP contribution in [0.5, 0.6) is 0 Å². The summed E-state index contributed by atoms with van der Waals surface area (Å²) in [5.74, 6) is 0.0757. The van der Waals surface area contributed by atoms with Crippen molar-refractivity contribution in [2.75, 3.05) is 11.1 Å². The largest absolute Gasteiger partial charge is 0.300 e. The van der Waals surface area contributed by atoms with E-state index in [1.165, 1.54) is 23.1 Å². The number of nitrogens with zero attached hydrogens (tertiary/aromatic N) is 4. The summed E-state index contributed by atoms with van der Waals surface area (Å²) in [6, 6.07) is 11.7. The number of nitrogens with one attached hydrogen (secondary N) is 1. The van der Waals surface area contributed by atoms with Gasteiger partial charge in [0.15, 0.2) is 5.16 Å². The van der Waals surface area contributed by atoms with Gasteiger partial charge in [0, 0.05) is 11.8 Å². The van der Waals surface area contributed by atoms with Crippen LogP contribution in [-0.2, 0) is 11.2 Å². The summed E-state index contributed by atoms with van der Waals surface area (Å²) in [6.45, 7) is 2.00. The second-order valence-corrected chi connectivity index (χ2v) is 6.79. The summed E-state index contributed by atoms with van der Waals surface area (Å²) in [4.78, 5) is 20.7. The Morgan fingerprint density at radius 3 is 2.79 bits per heavy atom. The van der Waals surface area contributed by atoms with Gasteiger partial charge in [0.25, 0.3) is 0 Å². The summed E-state index contributed by atoms with van der Waals surface area (Å²) >= 11 is 2.68. The number of aryl methyl sites for hydroxylation is 1. The fourth-order valence-electron chi connectivity index (χ4n) is 1.91. The molecule has 1 aromatic carbocycles. The molecule has 3 rings (SSSR count). The molecule has 0 saturated heterocycles. The summed E-state index contributed by atoms with van der Waals surface area (Å²) in [6.07, 6.45) is 2.51. The van der Waals surface area contributed by atoms with Crippen LogP contribution in [0.15, 0.2) is 47.8 Å². The minimum atomic E-state index is -0.146. The molecule has 0 fully saturated rings. The maximum Gasteiger partial charge on any atom is 0.236 e. The molecule has 122 valence electrons. The smallest absolute Gasteiger partial charge is 0.236 e. The van der Waals surface area contributed by atoms with Gasteiger partial charge in [0.05, 0.1) is 11.4 Å². The Bertz CT molecular complexity index is 822. The Hall–Kier alpha value is -2.32. The summed E-state index contributed by atoms with van der Waals surface area (Å²) in [5, 5.41) is 12.6. The van der Waals surface area contributed by atoms with Crippen molar-refractivity contribution in [1.29, 1.82) is 0 Å². The van der Waals surface area contributed by atoms with Crippen molar-refractivity contribution >= 4 is 34.1 Å². The van der Waals surface area contributed by atoms with Crippen LogP contribution in [0, 0.1) is 0 Å². The first-order valence-electron chi connectivity index (χ1n) is 7.38. The highest BCUT2D eigenvalue weighted by atomic mass is 32.2. The molecule has 6 nitrogen and oxygen atoms in total. The van der Waals surface area contributed by atoms with Gasteiger partial charge in [0.1, 0.15) is 5.01 Å². The molecule has 1 N–H and O–H groups in total. The highest BCUT2D eigenvalue weighted by molar-refractivity contribution is 7.99. The predicted molar refractivity (Wildman–Crippen MR) is 96.1 cm³/mol. The third-order valence-corrected chi connectivity index (χ3v) is 4.90. The fourth-order valence-corrected chi connectivity index (χ4v) is 3.24. The lowest BCUT2D eigenvalue weighted by molar-refractivity contribution is -0.113. The summed E-state index contributed by atoms with van der Waals surface area (Å²) in [7, 11) is 0. The number of amides is 1. The molecular weight excluding hydrogens is 342 g/mol. The molecule has 0 radical (unpaired) electrons. The van der Waals surface area contributed by atoms with Crippen LogP contribution in [0.2, 0.25) is 0 Å². The van der Waals surface area contributed by atoms with Gasteiger partial charge in [-0.1, -0.05) is 60.4 Å². The van der Waals surface area contributed by atoms with Crippen LogP contribution in [0.3, 0.4) is 0 Å². The molecule has 0 unspecified atom stereocenters. The number of benzene rings is 1. The van der Waals surface area contributed by atoms with Gasteiger partial charge >= 0.3 is 0 Å². The lowest BCUT2D eigenvalue weighted by Crippen LogP contribution is -2.14. The van der Waals surface area contributed by atoms with E-state index in [1.54, 1.807) is 6.20 Å². The molecule has 1 amide bonds. The second-order valence-electron chi connectivity index (χ2n) is 4.78. The average Bonchev–Trinajstić information content (AvgIpc) is 3.08. The summed E-state index contributed by atoms with van der Waals surface area (Å²) in [5.41, 5.74) is 1.86.